The van der Waals surface area contributed by atoms with Gasteiger partial charge in [-0.2, -0.15) is 13.1 Å². The number of piperazine rings is 1. The van der Waals surface area contributed by atoms with E-state index in [0.29, 0.717) is 11.0 Å². The van der Waals surface area contributed by atoms with Gasteiger partial charge in [0.2, 0.25) is 22.0 Å². The summed E-state index contributed by atoms with van der Waals surface area (Å²) >= 11 is 0.956. The van der Waals surface area contributed by atoms with Gasteiger partial charge in [0.1, 0.15) is 21.8 Å². The highest BCUT2D eigenvalue weighted by Gasteiger charge is 2.54. The maximum Gasteiger partial charge on any atom is 0.245 e. The molecule has 2 atom stereocenters. The van der Waals surface area contributed by atoms with Crippen LogP contribution in [0.4, 0.5) is 0 Å². The van der Waals surface area contributed by atoms with E-state index < -0.39 is 26.9 Å². The Kier molecular flexibility index (Phi) is 4.12. The molecule has 0 bridgehead atoms. The summed E-state index contributed by atoms with van der Waals surface area (Å²) in [4.78, 5) is 24.2. The Morgan fingerprint density at radius 2 is 1.96 bits per heavy atom. The van der Waals surface area contributed by atoms with Crippen molar-refractivity contribution in [1.29, 1.82) is 0 Å². The summed E-state index contributed by atoms with van der Waals surface area (Å²) in [7, 11) is -3.75. The van der Waals surface area contributed by atoms with Crippen LogP contribution in [0.2, 0.25) is 0 Å². The lowest BCUT2D eigenvalue weighted by Gasteiger charge is -2.34. The number of sulfonamides is 1. The predicted molar refractivity (Wildman–Crippen MR) is 91.6 cm³/mol. The molecular formula is C14H15N5O5S2. The second kappa shape index (κ2) is 6.21. The minimum Gasteiger partial charge on any atom is -0.340 e. The van der Waals surface area contributed by atoms with E-state index in [1.807, 2.05) is 0 Å². The lowest BCUT2D eigenvalue weighted by atomic mass is 10.3. The van der Waals surface area contributed by atoms with Crippen molar-refractivity contribution in [3.8, 4) is 0 Å². The zero-order valence-corrected chi connectivity index (χ0v) is 15.1. The Labute approximate surface area is 152 Å². The van der Waals surface area contributed by atoms with Crippen molar-refractivity contribution in [1.82, 2.24) is 18.0 Å². The molecule has 2 aliphatic rings. The van der Waals surface area contributed by atoms with E-state index in [9.17, 15) is 23.3 Å². The zero-order valence-electron chi connectivity index (χ0n) is 13.5. The highest BCUT2D eigenvalue weighted by Crippen LogP contribution is 2.35. The van der Waals surface area contributed by atoms with Gasteiger partial charge in [-0.1, -0.05) is 6.07 Å². The molecule has 0 radical (unpaired) electrons. The summed E-state index contributed by atoms with van der Waals surface area (Å²) in [5.41, 5.74) is 0.882. The minimum absolute atomic E-state index is 0.110. The van der Waals surface area contributed by atoms with Crippen molar-refractivity contribution in [2.75, 3.05) is 26.2 Å². The Hall–Kier alpha value is -2.18. The van der Waals surface area contributed by atoms with Gasteiger partial charge in [0, 0.05) is 37.5 Å². The first-order valence-corrected chi connectivity index (χ1v) is 10.2. The van der Waals surface area contributed by atoms with Crippen LogP contribution in [0.3, 0.4) is 0 Å². The average Bonchev–Trinajstić information content (AvgIpc) is 3.30. The normalized spacial score (nSPS) is 23.9. The van der Waals surface area contributed by atoms with E-state index in [0.717, 1.165) is 11.7 Å². The summed E-state index contributed by atoms with van der Waals surface area (Å²) in [5, 5.41) is 10.7. The molecule has 2 aromatic rings. The van der Waals surface area contributed by atoms with Crippen molar-refractivity contribution in [3.63, 3.8) is 0 Å². The fourth-order valence-corrected chi connectivity index (χ4v) is 5.37. The van der Waals surface area contributed by atoms with Crippen LogP contribution in [0.15, 0.2) is 23.1 Å². The van der Waals surface area contributed by atoms with Crippen molar-refractivity contribution < 1.29 is 18.1 Å². The molecule has 0 N–H and O–H groups in total. The summed E-state index contributed by atoms with van der Waals surface area (Å²) in [5.74, 6) is -0.822. The maximum atomic E-state index is 12.9. The third kappa shape index (κ3) is 2.83. The number of rotatable bonds is 4. The predicted octanol–water partition coefficient (Wildman–Crippen LogP) is 0.189. The van der Waals surface area contributed by atoms with Crippen LogP contribution in [-0.4, -0.2) is 69.4 Å². The van der Waals surface area contributed by atoms with E-state index in [1.54, 1.807) is 12.1 Å². The molecule has 1 aliphatic heterocycles. The quantitative estimate of drug-likeness (QED) is 0.532. The molecule has 26 heavy (non-hydrogen) atoms. The second-order valence-electron chi connectivity index (χ2n) is 6.31. The van der Waals surface area contributed by atoms with Gasteiger partial charge in [-0.15, -0.1) is 0 Å². The number of aromatic nitrogens is 2. The summed E-state index contributed by atoms with van der Waals surface area (Å²) < 4.78 is 35.3. The molecule has 1 aromatic heterocycles. The van der Waals surface area contributed by atoms with Crippen molar-refractivity contribution in [2.24, 2.45) is 5.92 Å². The Morgan fingerprint density at radius 1 is 1.23 bits per heavy atom. The molecule has 138 valence electrons. The average molecular weight is 397 g/mol. The van der Waals surface area contributed by atoms with Gasteiger partial charge >= 0.3 is 0 Å². The highest BCUT2D eigenvalue weighted by molar-refractivity contribution is 7.89. The molecule has 0 unspecified atom stereocenters. The third-order valence-corrected chi connectivity index (χ3v) is 7.23. The Morgan fingerprint density at radius 3 is 2.62 bits per heavy atom. The summed E-state index contributed by atoms with van der Waals surface area (Å²) in [6.45, 7) is 0.754. The molecular weight excluding hydrogens is 382 g/mol. The van der Waals surface area contributed by atoms with Crippen LogP contribution in [0.5, 0.6) is 0 Å². The maximum absolute atomic E-state index is 12.9. The first-order valence-electron chi connectivity index (χ1n) is 8.03. The molecule has 1 saturated carbocycles. The van der Waals surface area contributed by atoms with E-state index >= 15 is 0 Å². The number of hydrogen-bond donors (Lipinski definition) is 0. The number of carbonyl (C=O) groups excluding carboxylic acids is 1. The van der Waals surface area contributed by atoms with Crippen molar-refractivity contribution >= 4 is 38.7 Å². The van der Waals surface area contributed by atoms with E-state index in [1.165, 1.54) is 15.3 Å². The summed E-state index contributed by atoms with van der Waals surface area (Å²) in [6.07, 6.45) is 0.267. The van der Waals surface area contributed by atoms with Gasteiger partial charge in [0.25, 0.3) is 0 Å². The first kappa shape index (κ1) is 17.2. The first-order chi connectivity index (χ1) is 12.4. The smallest absolute Gasteiger partial charge is 0.245 e. The van der Waals surface area contributed by atoms with Crippen molar-refractivity contribution in [2.45, 2.75) is 17.4 Å². The minimum atomic E-state index is -3.75. The van der Waals surface area contributed by atoms with Gasteiger partial charge < -0.3 is 4.90 Å². The number of nitrogens with zero attached hydrogens (tertiary/aromatic N) is 5. The molecule has 10 nitrogen and oxygen atoms in total. The lowest BCUT2D eigenvalue weighted by Crippen LogP contribution is -2.51. The molecule has 12 heteroatoms. The fourth-order valence-electron chi connectivity index (χ4n) is 3.19. The fraction of sp³-hybridized carbons (Fsp3) is 0.500. The van der Waals surface area contributed by atoms with Gasteiger partial charge in [0.05, 0.1) is 11.7 Å². The molecule has 1 saturated heterocycles. The standard InChI is InChI=1S/C14H15N5O5S2/c20-14(9-8-11(9)19(21)22)17-4-6-18(7-5-17)26(23,24)12-3-1-2-10-13(12)16-25-15-10/h1-3,9,11H,4-8H2/t9-,11+/m1/s1. The molecule has 4 rings (SSSR count). The molecule has 2 heterocycles. The van der Waals surface area contributed by atoms with Crippen LogP contribution in [0, 0.1) is 16.0 Å². The Balaban J connectivity index is 1.47. The van der Waals surface area contributed by atoms with Crippen LogP contribution >= 0.6 is 11.7 Å². The van der Waals surface area contributed by atoms with Crippen LogP contribution < -0.4 is 0 Å². The second-order valence-corrected chi connectivity index (χ2v) is 8.75. The lowest BCUT2D eigenvalue weighted by molar-refractivity contribution is -0.497. The zero-order chi connectivity index (χ0) is 18.5. The Bertz CT molecular complexity index is 983. The van der Waals surface area contributed by atoms with Gasteiger partial charge in [-0.3, -0.25) is 14.9 Å². The van der Waals surface area contributed by atoms with Crippen LogP contribution in [0.1, 0.15) is 6.42 Å². The van der Waals surface area contributed by atoms with E-state index in [4.69, 9.17) is 0 Å². The third-order valence-electron chi connectivity index (χ3n) is 4.76. The number of carbonyl (C=O) groups is 1. The van der Waals surface area contributed by atoms with Gasteiger partial charge in [-0.05, 0) is 12.1 Å². The molecule has 1 aliphatic carbocycles. The van der Waals surface area contributed by atoms with Crippen LogP contribution in [-0.2, 0) is 14.8 Å². The summed E-state index contributed by atoms with van der Waals surface area (Å²) in [6, 6.07) is 4.04. The van der Waals surface area contributed by atoms with Gasteiger partial charge in [0.15, 0.2) is 0 Å². The molecule has 0 spiro atoms. The number of benzene rings is 1. The van der Waals surface area contributed by atoms with Gasteiger partial charge in [-0.25, -0.2) is 8.42 Å². The molecule has 1 amide bonds. The number of amides is 1. The monoisotopic (exact) mass is 397 g/mol. The molecule has 1 aromatic carbocycles. The number of nitro groups is 1. The van der Waals surface area contributed by atoms with E-state index in [2.05, 4.69) is 8.75 Å². The number of hydrogen-bond acceptors (Lipinski definition) is 8. The largest absolute Gasteiger partial charge is 0.340 e. The van der Waals surface area contributed by atoms with Crippen LogP contribution in [0.25, 0.3) is 11.0 Å². The molecule has 2 fully saturated rings. The SMILES string of the molecule is O=C([C@@H]1C[C@@H]1[N+](=O)[O-])N1CCN(S(=O)(=O)c2cccc3nsnc23)CC1. The van der Waals surface area contributed by atoms with E-state index in [-0.39, 0.29) is 43.4 Å². The highest BCUT2D eigenvalue weighted by atomic mass is 32.2. The topological polar surface area (TPSA) is 127 Å². The number of fused-ring (bicyclic) bond motifs is 1. The van der Waals surface area contributed by atoms with Crippen molar-refractivity contribution in [3.05, 3.63) is 28.3 Å².